The molecule has 0 atom stereocenters. The summed E-state index contributed by atoms with van der Waals surface area (Å²) in [5.74, 6) is 0.749. The van der Waals surface area contributed by atoms with Gasteiger partial charge in [0.05, 0.1) is 11.8 Å². The highest BCUT2D eigenvalue weighted by Crippen LogP contribution is 2.09. The first-order valence-corrected chi connectivity index (χ1v) is 6.98. The number of aryl methyl sites for hydroxylation is 2. The molecular formula is C15H21N5O. The molecule has 0 aliphatic rings. The van der Waals surface area contributed by atoms with Gasteiger partial charge in [-0.1, -0.05) is 0 Å². The van der Waals surface area contributed by atoms with Crippen molar-refractivity contribution in [2.24, 2.45) is 0 Å². The minimum absolute atomic E-state index is 0.0375. The summed E-state index contributed by atoms with van der Waals surface area (Å²) in [7, 11) is 3.46. The minimum atomic E-state index is -0.0375. The summed E-state index contributed by atoms with van der Waals surface area (Å²) in [6.45, 7) is 2.86. The zero-order valence-corrected chi connectivity index (χ0v) is 12.7. The fourth-order valence-corrected chi connectivity index (χ4v) is 2.01. The number of aromatic nitrogens is 3. The number of H-pyrrole nitrogens is 1. The van der Waals surface area contributed by atoms with Gasteiger partial charge in [-0.3, -0.25) is 9.89 Å². The number of amides is 1. The Morgan fingerprint density at radius 2 is 2.14 bits per heavy atom. The van der Waals surface area contributed by atoms with Gasteiger partial charge in [-0.15, -0.1) is 0 Å². The van der Waals surface area contributed by atoms with E-state index in [0.717, 1.165) is 30.9 Å². The highest BCUT2D eigenvalue weighted by molar-refractivity contribution is 5.93. The number of carbonyl (C=O) groups excluding carboxylic acids is 1. The molecule has 0 aliphatic heterocycles. The Labute approximate surface area is 124 Å². The lowest BCUT2D eigenvalue weighted by Crippen LogP contribution is -2.21. The van der Waals surface area contributed by atoms with Crippen molar-refractivity contribution in [3.63, 3.8) is 0 Å². The summed E-state index contributed by atoms with van der Waals surface area (Å²) in [6, 6.07) is 3.62. The van der Waals surface area contributed by atoms with Crippen LogP contribution in [0.25, 0.3) is 0 Å². The maximum Gasteiger partial charge on any atom is 0.254 e. The van der Waals surface area contributed by atoms with Crippen molar-refractivity contribution < 1.29 is 4.79 Å². The van der Waals surface area contributed by atoms with Gasteiger partial charge >= 0.3 is 0 Å². The number of anilines is 1. The topological polar surface area (TPSA) is 73.9 Å². The van der Waals surface area contributed by atoms with E-state index >= 15 is 0 Å². The molecule has 6 heteroatoms. The third kappa shape index (κ3) is 4.05. The van der Waals surface area contributed by atoms with Crippen molar-refractivity contribution in [2.75, 3.05) is 26.0 Å². The summed E-state index contributed by atoms with van der Waals surface area (Å²) in [4.78, 5) is 17.5. The number of carbonyl (C=O) groups is 1. The quantitative estimate of drug-likeness (QED) is 0.795. The van der Waals surface area contributed by atoms with E-state index in [2.05, 4.69) is 20.5 Å². The maximum atomic E-state index is 11.7. The highest BCUT2D eigenvalue weighted by Gasteiger charge is 2.07. The molecule has 21 heavy (non-hydrogen) atoms. The van der Waals surface area contributed by atoms with Gasteiger partial charge in [0.1, 0.15) is 5.82 Å². The molecule has 0 radical (unpaired) electrons. The molecule has 0 spiro atoms. The largest absolute Gasteiger partial charge is 0.370 e. The Balaban J connectivity index is 1.79. The van der Waals surface area contributed by atoms with Gasteiger partial charge in [0.15, 0.2) is 0 Å². The van der Waals surface area contributed by atoms with E-state index in [9.17, 15) is 4.79 Å². The van der Waals surface area contributed by atoms with Crippen LogP contribution in [0.4, 0.5) is 5.82 Å². The zero-order chi connectivity index (χ0) is 15.2. The van der Waals surface area contributed by atoms with Crippen LogP contribution in [0.3, 0.4) is 0 Å². The second-order valence-electron chi connectivity index (χ2n) is 5.18. The SMILES string of the molecule is Cc1[nH]ncc1CCCNc1ccc(C(=O)N(C)C)cn1. The number of rotatable bonds is 6. The monoisotopic (exact) mass is 287 g/mol. The Morgan fingerprint density at radius 3 is 2.71 bits per heavy atom. The lowest BCUT2D eigenvalue weighted by atomic mass is 10.1. The smallest absolute Gasteiger partial charge is 0.254 e. The summed E-state index contributed by atoms with van der Waals surface area (Å²) >= 11 is 0. The second-order valence-corrected chi connectivity index (χ2v) is 5.18. The van der Waals surface area contributed by atoms with Gasteiger partial charge in [0.2, 0.25) is 0 Å². The summed E-state index contributed by atoms with van der Waals surface area (Å²) in [5.41, 5.74) is 2.97. The van der Waals surface area contributed by atoms with Crippen LogP contribution in [0.5, 0.6) is 0 Å². The number of hydrogen-bond donors (Lipinski definition) is 2. The van der Waals surface area contributed by atoms with E-state index in [1.807, 2.05) is 19.2 Å². The molecular weight excluding hydrogens is 266 g/mol. The van der Waals surface area contributed by atoms with Gasteiger partial charge in [0.25, 0.3) is 5.91 Å². The Bertz CT molecular complexity index is 588. The van der Waals surface area contributed by atoms with Gasteiger partial charge in [-0.05, 0) is 37.5 Å². The standard InChI is InChI=1S/C15H21N5O/c1-11-12(10-18-19-11)5-4-8-16-14-7-6-13(9-17-14)15(21)20(2)3/h6-7,9-10H,4-5,8H2,1-3H3,(H,16,17)(H,18,19). The van der Waals surface area contributed by atoms with Crippen LogP contribution in [-0.2, 0) is 6.42 Å². The number of nitrogens with one attached hydrogen (secondary N) is 2. The molecule has 2 aromatic heterocycles. The van der Waals surface area contributed by atoms with Crippen LogP contribution in [-0.4, -0.2) is 46.6 Å². The summed E-state index contributed by atoms with van der Waals surface area (Å²) in [5, 5.41) is 10.2. The highest BCUT2D eigenvalue weighted by atomic mass is 16.2. The lowest BCUT2D eigenvalue weighted by molar-refractivity contribution is 0.0827. The van der Waals surface area contributed by atoms with Crippen molar-refractivity contribution in [1.29, 1.82) is 0 Å². The normalized spacial score (nSPS) is 10.4. The van der Waals surface area contributed by atoms with Crippen LogP contribution in [0, 0.1) is 6.92 Å². The molecule has 0 unspecified atom stereocenters. The first-order valence-electron chi connectivity index (χ1n) is 6.98. The molecule has 2 N–H and O–H groups in total. The van der Waals surface area contributed by atoms with Crippen molar-refractivity contribution >= 4 is 11.7 Å². The van der Waals surface area contributed by atoms with E-state index in [1.54, 1.807) is 26.4 Å². The van der Waals surface area contributed by atoms with Crippen molar-refractivity contribution in [3.8, 4) is 0 Å². The minimum Gasteiger partial charge on any atom is -0.370 e. The molecule has 6 nitrogen and oxygen atoms in total. The third-order valence-electron chi connectivity index (χ3n) is 3.28. The van der Waals surface area contributed by atoms with Crippen LogP contribution in [0.2, 0.25) is 0 Å². The van der Waals surface area contributed by atoms with Gasteiger partial charge < -0.3 is 10.2 Å². The first kappa shape index (κ1) is 15.0. The van der Waals surface area contributed by atoms with Crippen molar-refractivity contribution in [1.82, 2.24) is 20.1 Å². The molecule has 0 saturated carbocycles. The van der Waals surface area contributed by atoms with Crippen LogP contribution in [0.15, 0.2) is 24.5 Å². The molecule has 0 bridgehead atoms. The molecule has 2 aromatic rings. The van der Waals surface area contributed by atoms with E-state index < -0.39 is 0 Å². The van der Waals surface area contributed by atoms with E-state index in [-0.39, 0.29) is 5.91 Å². The molecule has 0 fully saturated rings. The zero-order valence-electron chi connectivity index (χ0n) is 12.7. The van der Waals surface area contributed by atoms with Crippen molar-refractivity contribution in [2.45, 2.75) is 19.8 Å². The molecule has 2 heterocycles. The Hall–Kier alpha value is -2.37. The number of nitrogens with zero attached hydrogens (tertiary/aromatic N) is 3. The molecule has 2 rings (SSSR count). The Kier molecular flexibility index (Phi) is 4.92. The molecule has 112 valence electrons. The summed E-state index contributed by atoms with van der Waals surface area (Å²) < 4.78 is 0. The molecule has 1 amide bonds. The first-order chi connectivity index (χ1) is 10.1. The maximum absolute atomic E-state index is 11.7. The predicted octanol–water partition coefficient (Wildman–Crippen LogP) is 1.86. The van der Waals surface area contributed by atoms with Crippen LogP contribution in [0.1, 0.15) is 28.0 Å². The predicted molar refractivity (Wildman–Crippen MR) is 82.4 cm³/mol. The van der Waals surface area contributed by atoms with Gasteiger partial charge in [-0.2, -0.15) is 5.10 Å². The lowest BCUT2D eigenvalue weighted by Gasteiger charge is -2.10. The fraction of sp³-hybridized carbons (Fsp3) is 0.400. The second kappa shape index (κ2) is 6.88. The van der Waals surface area contributed by atoms with Gasteiger partial charge in [-0.25, -0.2) is 4.98 Å². The van der Waals surface area contributed by atoms with Gasteiger partial charge in [0, 0.05) is 32.5 Å². The fourth-order valence-electron chi connectivity index (χ4n) is 2.01. The molecule has 0 saturated heterocycles. The number of hydrogen-bond acceptors (Lipinski definition) is 4. The number of pyridine rings is 1. The van der Waals surface area contributed by atoms with E-state index in [0.29, 0.717) is 5.56 Å². The van der Waals surface area contributed by atoms with Crippen LogP contribution >= 0.6 is 0 Å². The van der Waals surface area contributed by atoms with Crippen molar-refractivity contribution in [3.05, 3.63) is 41.3 Å². The van der Waals surface area contributed by atoms with E-state index in [1.165, 1.54) is 10.5 Å². The Morgan fingerprint density at radius 1 is 1.33 bits per heavy atom. The summed E-state index contributed by atoms with van der Waals surface area (Å²) in [6.07, 6.45) is 5.45. The molecule has 0 aliphatic carbocycles. The number of aromatic amines is 1. The molecule has 0 aromatic carbocycles. The van der Waals surface area contributed by atoms with Crippen LogP contribution < -0.4 is 5.32 Å². The third-order valence-corrected chi connectivity index (χ3v) is 3.28. The average molecular weight is 287 g/mol. The van der Waals surface area contributed by atoms with E-state index in [4.69, 9.17) is 0 Å². The average Bonchev–Trinajstić information content (AvgIpc) is 2.89.